The van der Waals surface area contributed by atoms with E-state index in [0.717, 1.165) is 17.7 Å². The highest BCUT2D eigenvalue weighted by Crippen LogP contribution is 2.23. The highest BCUT2D eigenvalue weighted by Gasteiger charge is 2.30. The lowest BCUT2D eigenvalue weighted by molar-refractivity contribution is -0.134. The van der Waals surface area contributed by atoms with Crippen molar-refractivity contribution in [2.24, 2.45) is 0 Å². The molecule has 1 aliphatic heterocycles. The number of carbonyl (C=O) groups excluding carboxylic acids is 1. The minimum Gasteiger partial charge on any atom is -0.484 e. The van der Waals surface area contributed by atoms with E-state index in [4.69, 9.17) is 16.3 Å². The van der Waals surface area contributed by atoms with Crippen molar-refractivity contribution in [3.8, 4) is 5.75 Å². The number of rotatable bonds is 5. The summed E-state index contributed by atoms with van der Waals surface area (Å²) in [4.78, 5) is 13.9. The van der Waals surface area contributed by atoms with Crippen LogP contribution in [0.2, 0.25) is 5.02 Å². The van der Waals surface area contributed by atoms with Crippen LogP contribution in [-0.2, 0) is 14.8 Å². The first-order valence-corrected chi connectivity index (χ1v) is 10.5. The van der Waals surface area contributed by atoms with E-state index in [2.05, 4.69) is 0 Å². The van der Waals surface area contributed by atoms with Gasteiger partial charge in [-0.2, -0.15) is 4.31 Å². The highest BCUT2D eigenvalue weighted by atomic mass is 35.5. The molecule has 9 heteroatoms. The van der Waals surface area contributed by atoms with Crippen LogP contribution in [0, 0.1) is 12.7 Å². The molecule has 28 heavy (non-hydrogen) atoms. The smallest absolute Gasteiger partial charge is 0.260 e. The van der Waals surface area contributed by atoms with Crippen molar-refractivity contribution in [3.63, 3.8) is 0 Å². The van der Waals surface area contributed by atoms with Gasteiger partial charge in [0, 0.05) is 26.2 Å². The minimum atomic E-state index is -3.80. The van der Waals surface area contributed by atoms with Crippen LogP contribution < -0.4 is 4.74 Å². The number of aryl methyl sites for hydroxylation is 1. The minimum absolute atomic E-state index is 0.0680. The Bertz CT molecular complexity index is 976. The van der Waals surface area contributed by atoms with Crippen LogP contribution in [0.4, 0.5) is 4.39 Å². The van der Waals surface area contributed by atoms with Crippen LogP contribution in [0.5, 0.6) is 5.75 Å². The Hall–Kier alpha value is -2.16. The average Bonchev–Trinajstić information content (AvgIpc) is 2.69. The van der Waals surface area contributed by atoms with Crippen molar-refractivity contribution in [1.82, 2.24) is 9.21 Å². The molecule has 0 radical (unpaired) electrons. The van der Waals surface area contributed by atoms with Gasteiger partial charge in [-0.05, 0) is 36.8 Å². The van der Waals surface area contributed by atoms with E-state index in [1.165, 1.54) is 10.4 Å². The summed E-state index contributed by atoms with van der Waals surface area (Å²) >= 11 is 5.70. The molecule has 0 N–H and O–H groups in total. The number of amides is 1. The van der Waals surface area contributed by atoms with Crippen molar-refractivity contribution >= 4 is 27.5 Å². The van der Waals surface area contributed by atoms with Gasteiger partial charge in [0.25, 0.3) is 5.91 Å². The third kappa shape index (κ3) is 4.45. The quantitative estimate of drug-likeness (QED) is 0.737. The maximum absolute atomic E-state index is 13.3. The molecular weight excluding hydrogens is 407 g/mol. The van der Waals surface area contributed by atoms with Gasteiger partial charge in [0.2, 0.25) is 10.0 Å². The van der Waals surface area contributed by atoms with Gasteiger partial charge in [-0.15, -0.1) is 0 Å². The zero-order valence-electron chi connectivity index (χ0n) is 15.3. The van der Waals surface area contributed by atoms with E-state index in [1.807, 2.05) is 25.1 Å². The Labute approximate surface area is 168 Å². The number of sulfonamides is 1. The molecule has 1 fully saturated rings. The van der Waals surface area contributed by atoms with Crippen LogP contribution in [0.15, 0.2) is 47.4 Å². The summed E-state index contributed by atoms with van der Waals surface area (Å²) in [6.45, 7) is 2.59. The summed E-state index contributed by atoms with van der Waals surface area (Å²) in [6.07, 6.45) is 0. The number of hydrogen-bond donors (Lipinski definition) is 0. The molecule has 1 aliphatic rings. The van der Waals surface area contributed by atoms with Gasteiger partial charge >= 0.3 is 0 Å². The molecule has 0 saturated carbocycles. The Morgan fingerprint density at radius 3 is 2.46 bits per heavy atom. The number of ether oxygens (including phenoxy) is 1. The second-order valence-corrected chi connectivity index (χ2v) is 8.76. The fraction of sp³-hybridized carbons (Fsp3) is 0.316. The monoisotopic (exact) mass is 426 g/mol. The fourth-order valence-electron chi connectivity index (χ4n) is 2.91. The predicted molar refractivity (Wildman–Crippen MR) is 103 cm³/mol. The molecular formula is C19H20ClFN2O4S. The molecule has 1 amide bonds. The summed E-state index contributed by atoms with van der Waals surface area (Å²) < 4.78 is 45.5. The molecule has 2 aromatic carbocycles. The summed E-state index contributed by atoms with van der Waals surface area (Å²) in [6, 6.07) is 10.7. The number of carbonyl (C=O) groups is 1. The van der Waals surface area contributed by atoms with E-state index in [1.54, 1.807) is 11.0 Å². The third-order valence-electron chi connectivity index (χ3n) is 4.56. The molecule has 1 heterocycles. The predicted octanol–water partition coefficient (Wildman–Crippen LogP) is 2.70. The first-order chi connectivity index (χ1) is 13.3. The molecule has 0 atom stereocenters. The van der Waals surface area contributed by atoms with Gasteiger partial charge in [0.05, 0.1) is 9.92 Å². The van der Waals surface area contributed by atoms with Gasteiger partial charge < -0.3 is 9.64 Å². The molecule has 150 valence electrons. The van der Waals surface area contributed by atoms with E-state index >= 15 is 0 Å². The number of nitrogens with zero attached hydrogens (tertiary/aromatic N) is 2. The molecule has 3 rings (SSSR count). The molecule has 2 aromatic rings. The Kier molecular flexibility index (Phi) is 6.22. The van der Waals surface area contributed by atoms with E-state index in [-0.39, 0.29) is 48.6 Å². The second kappa shape index (κ2) is 8.46. The lowest BCUT2D eigenvalue weighted by Crippen LogP contribution is -2.51. The van der Waals surface area contributed by atoms with Gasteiger partial charge in [-0.1, -0.05) is 29.8 Å². The van der Waals surface area contributed by atoms with Crippen LogP contribution in [0.3, 0.4) is 0 Å². The zero-order chi connectivity index (χ0) is 20.3. The summed E-state index contributed by atoms with van der Waals surface area (Å²) in [7, 11) is -3.80. The molecule has 0 aliphatic carbocycles. The molecule has 0 unspecified atom stereocenters. The lowest BCUT2D eigenvalue weighted by atomic mass is 10.2. The number of halogens is 2. The number of benzene rings is 2. The van der Waals surface area contributed by atoms with Crippen molar-refractivity contribution in [1.29, 1.82) is 0 Å². The normalized spacial score (nSPS) is 15.5. The van der Waals surface area contributed by atoms with Crippen molar-refractivity contribution in [2.45, 2.75) is 11.8 Å². The van der Waals surface area contributed by atoms with Crippen molar-refractivity contribution in [2.75, 3.05) is 32.8 Å². The van der Waals surface area contributed by atoms with Gasteiger partial charge in [-0.3, -0.25) is 4.79 Å². The molecule has 0 aromatic heterocycles. The SMILES string of the molecule is Cc1ccccc1OCC(=O)N1CCN(S(=O)(=O)c2ccc(F)c(Cl)c2)CC1. The molecule has 6 nitrogen and oxygen atoms in total. The lowest BCUT2D eigenvalue weighted by Gasteiger charge is -2.34. The second-order valence-electron chi connectivity index (χ2n) is 6.41. The summed E-state index contributed by atoms with van der Waals surface area (Å²) in [5.41, 5.74) is 0.934. The van der Waals surface area contributed by atoms with Crippen LogP contribution in [0.25, 0.3) is 0 Å². The number of piperazine rings is 1. The first-order valence-electron chi connectivity index (χ1n) is 8.70. The first kappa shape index (κ1) is 20.6. The van der Waals surface area contributed by atoms with Crippen molar-refractivity contribution in [3.05, 3.63) is 58.9 Å². The number of hydrogen-bond acceptors (Lipinski definition) is 4. The van der Waals surface area contributed by atoms with Crippen LogP contribution >= 0.6 is 11.6 Å². The maximum Gasteiger partial charge on any atom is 0.260 e. The topological polar surface area (TPSA) is 66.9 Å². The average molecular weight is 427 g/mol. The van der Waals surface area contributed by atoms with Gasteiger partial charge in [0.15, 0.2) is 6.61 Å². The molecule has 0 spiro atoms. The standard InChI is InChI=1S/C19H20ClFN2O4S/c1-14-4-2-3-5-18(14)27-13-19(24)22-8-10-23(11-9-22)28(25,26)15-6-7-17(21)16(20)12-15/h2-7,12H,8-11,13H2,1H3. The maximum atomic E-state index is 13.3. The van der Waals surface area contributed by atoms with Crippen molar-refractivity contribution < 1.29 is 22.3 Å². The Morgan fingerprint density at radius 2 is 1.82 bits per heavy atom. The van der Waals surface area contributed by atoms with E-state index in [0.29, 0.717) is 5.75 Å². The van der Waals surface area contributed by atoms with Crippen LogP contribution in [0.1, 0.15) is 5.56 Å². The van der Waals surface area contributed by atoms with Gasteiger partial charge in [-0.25, -0.2) is 12.8 Å². The summed E-state index contributed by atoms with van der Waals surface area (Å²) in [5.74, 6) is -0.236. The van der Waals surface area contributed by atoms with E-state index in [9.17, 15) is 17.6 Å². The third-order valence-corrected chi connectivity index (χ3v) is 6.75. The van der Waals surface area contributed by atoms with E-state index < -0.39 is 15.8 Å². The Morgan fingerprint density at radius 1 is 1.14 bits per heavy atom. The van der Waals surface area contributed by atoms with Gasteiger partial charge in [0.1, 0.15) is 11.6 Å². The summed E-state index contributed by atoms with van der Waals surface area (Å²) in [5, 5.41) is -0.247. The molecule has 1 saturated heterocycles. The zero-order valence-corrected chi connectivity index (χ0v) is 16.8. The highest BCUT2D eigenvalue weighted by molar-refractivity contribution is 7.89. The molecule has 0 bridgehead atoms. The Balaban J connectivity index is 1.58. The fourth-order valence-corrected chi connectivity index (χ4v) is 4.61. The largest absolute Gasteiger partial charge is 0.484 e. The number of para-hydroxylation sites is 1. The van der Waals surface area contributed by atoms with Crippen LogP contribution in [-0.4, -0.2) is 56.3 Å².